The molecule has 1 aliphatic rings. The second kappa shape index (κ2) is 8.96. The number of likely N-dealkylation sites (tertiary alicyclic amines) is 1. The minimum atomic E-state index is -1.82. The van der Waals surface area contributed by atoms with E-state index in [0.717, 1.165) is 32.5 Å². The van der Waals surface area contributed by atoms with Gasteiger partial charge in [0.1, 0.15) is 0 Å². The summed E-state index contributed by atoms with van der Waals surface area (Å²) in [5, 5.41) is 17.4. The Morgan fingerprint density at radius 3 is 2.12 bits per heavy atom. The molecule has 1 amide bonds. The topological polar surface area (TPSA) is 121 Å². The fourth-order valence-corrected chi connectivity index (χ4v) is 3.05. The van der Waals surface area contributed by atoms with Gasteiger partial charge >= 0.3 is 11.9 Å². The van der Waals surface area contributed by atoms with E-state index in [9.17, 15) is 4.79 Å². The van der Waals surface area contributed by atoms with Crippen LogP contribution < -0.4 is 5.73 Å². The van der Waals surface area contributed by atoms with Crippen LogP contribution >= 0.6 is 0 Å². The largest absolute Gasteiger partial charge is 0.473 e. The second-order valence-electron chi connectivity index (χ2n) is 6.20. The van der Waals surface area contributed by atoms with Crippen LogP contribution in [0.2, 0.25) is 0 Å². The number of benzene rings is 2. The van der Waals surface area contributed by atoms with Crippen molar-refractivity contribution in [1.29, 1.82) is 0 Å². The van der Waals surface area contributed by atoms with E-state index < -0.39 is 11.9 Å². The lowest BCUT2D eigenvalue weighted by atomic mass is 9.95. The van der Waals surface area contributed by atoms with Crippen LogP contribution in [-0.2, 0) is 20.9 Å². The van der Waals surface area contributed by atoms with E-state index >= 15 is 0 Å². The molecule has 1 fully saturated rings. The van der Waals surface area contributed by atoms with Crippen LogP contribution in [0, 0.1) is 5.92 Å². The number of fused-ring (bicyclic) bond motifs is 1. The molecule has 138 valence electrons. The van der Waals surface area contributed by atoms with Crippen LogP contribution in [0.15, 0.2) is 42.5 Å². The summed E-state index contributed by atoms with van der Waals surface area (Å²) in [6.07, 6.45) is 1.78. The quantitative estimate of drug-likeness (QED) is 0.718. The first-order valence-corrected chi connectivity index (χ1v) is 8.33. The Morgan fingerprint density at radius 1 is 0.962 bits per heavy atom. The summed E-state index contributed by atoms with van der Waals surface area (Å²) < 4.78 is 0. The van der Waals surface area contributed by atoms with Crippen molar-refractivity contribution < 1.29 is 24.6 Å². The van der Waals surface area contributed by atoms with Crippen LogP contribution in [0.5, 0.6) is 0 Å². The number of nitrogens with zero attached hydrogens (tertiary/aromatic N) is 1. The molecule has 2 aromatic rings. The Morgan fingerprint density at radius 2 is 1.54 bits per heavy atom. The van der Waals surface area contributed by atoms with E-state index in [-0.39, 0.29) is 11.8 Å². The normalized spacial score (nSPS) is 15.1. The van der Waals surface area contributed by atoms with Crippen molar-refractivity contribution in [3.63, 3.8) is 0 Å². The Balaban J connectivity index is 0.000000352. The van der Waals surface area contributed by atoms with Gasteiger partial charge in [0.25, 0.3) is 0 Å². The van der Waals surface area contributed by atoms with Crippen molar-refractivity contribution in [2.45, 2.75) is 19.4 Å². The molecule has 1 aliphatic heterocycles. The van der Waals surface area contributed by atoms with E-state index in [1.54, 1.807) is 0 Å². The first-order valence-electron chi connectivity index (χ1n) is 8.33. The minimum Gasteiger partial charge on any atom is -0.473 e. The highest BCUT2D eigenvalue weighted by Gasteiger charge is 2.23. The molecule has 0 aliphatic carbocycles. The average molecular weight is 358 g/mol. The lowest BCUT2D eigenvalue weighted by Gasteiger charge is -2.30. The standard InChI is InChI=1S/C17H20N2O.C2H2O4/c18-17(20)14-8-10-19(11-9-14)12-15-6-3-5-13-4-1-2-7-16(13)15;3-1(4)2(5)6/h1-7,14H,8-12H2,(H2,18,20);(H,3,4)(H,5,6). The van der Waals surface area contributed by atoms with Gasteiger partial charge in [-0.3, -0.25) is 9.69 Å². The van der Waals surface area contributed by atoms with Crippen LogP contribution in [0.4, 0.5) is 0 Å². The zero-order valence-corrected chi connectivity index (χ0v) is 14.3. The molecule has 0 bridgehead atoms. The summed E-state index contributed by atoms with van der Waals surface area (Å²) in [6, 6.07) is 15.0. The van der Waals surface area contributed by atoms with Gasteiger partial charge < -0.3 is 15.9 Å². The molecule has 4 N–H and O–H groups in total. The van der Waals surface area contributed by atoms with Crippen LogP contribution in [0.1, 0.15) is 18.4 Å². The van der Waals surface area contributed by atoms with E-state index in [4.69, 9.17) is 25.5 Å². The summed E-state index contributed by atoms with van der Waals surface area (Å²) in [5.41, 5.74) is 6.74. The molecule has 1 saturated heterocycles. The van der Waals surface area contributed by atoms with Crippen LogP contribution in [0.25, 0.3) is 10.8 Å². The van der Waals surface area contributed by atoms with Gasteiger partial charge in [0, 0.05) is 12.5 Å². The monoisotopic (exact) mass is 358 g/mol. The van der Waals surface area contributed by atoms with Crippen molar-refractivity contribution >= 4 is 28.6 Å². The number of carboxylic acids is 2. The highest BCUT2D eigenvalue weighted by atomic mass is 16.4. The Hall–Kier alpha value is -2.93. The number of hydrogen-bond acceptors (Lipinski definition) is 4. The van der Waals surface area contributed by atoms with Crippen LogP contribution in [0.3, 0.4) is 0 Å². The smallest absolute Gasteiger partial charge is 0.414 e. The molecular formula is C19H22N2O5. The number of carbonyl (C=O) groups is 3. The highest BCUT2D eigenvalue weighted by molar-refractivity contribution is 6.27. The molecule has 26 heavy (non-hydrogen) atoms. The van der Waals surface area contributed by atoms with Gasteiger partial charge in [-0.05, 0) is 42.3 Å². The van der Waals surface area contributed by atoms with Crippen molar-refractivity contribution in [2.75, 3.05) is 13.1 Å². The van der Waals surface area contributed by atoms with Gasteiger partial charge in [-0.1, -0.05) is 42.5 Å². The predicted molar refractivity (Wildman–Crippen MR) is 96.4 cm³/mol. The molecule has 7 nitrogen and oxygen atoms in total. The maximum atomic E-state index is 11.2. The third kappa shape index (κ3) is 5.29. The maximum absolute atomic E-state index is 11.2. The summed E-state index contributed by atoms with van der Waals surface area (Å²) in [6.45, 7) is 2.86. The third-order valence-corrected chi connectivity index (χ3v) is 4.45. The van der Waals surface area contributed by atoms with Crippen molar-refractivity contribution in [3.05, 3.63) is 48.0 Å². The third-order valence-electron chi connectivity index (χ3n) is 4.45. The van der Waals surface area contributed by atoms with E-state index in [1.807, 2.05) is 0 Å². The summed E-state index contributed by atoms with van der Waals surface area (Å²) in [7, 11) is 0. The van der Waals surface area contributed by atoms with Gasteiger partial charge in [0.05, 0.1) is 0 Å². The summed E-state index contributed by atoms with van der Waals surface area (Å²) >= 11 is 0. The number of carbonyl (C=O) groups excluding carboxylic acids is 1. The number of amides is 1. The molecule has 0 unspecified atom stereocenters. The van der Waals surface area contributed by atoms with Gasteiger partial charge in [-0.25, -0.2) is 9.59 Å². The second-order valence-corrected chi connectivity index (χ2v) is 6.20. The fraction of sp³-hybridized carbons (Fsp3) is 0.316. The zero-order chi connectivity index (χ0) is 19.1. The Kier molecular flexibility index (Phi) is 6.68. The number of carboxylic acid groups (broad SMARTS) is 2. The maximum Gasteiger partial charge on any atom is 0.414 e. The van der Waals surface area contributed by atoms with E-state index in [1.165, 1.54) is 16.3 Å². The number of piperidine rings is 1. The number of nitrogens with two attached hydrogens (primary N) is 1. The summed E-state index contributed by atoms with van der Waals surface area (Å²) in [5.74, 6) is -3.72. The zero-order valence-electron chi connectivity index (χ0n) is 14.3. The number of primary amides is 1. The molecule has 0 aromatic heterocycles. The van der Waals surface area contributed by atoms with Gasteiger partial charge in [0.15, 0.2) is 0 Å². The Bertz CT molecular complexity index is 780. The van der Waals surface area contributed by atoms with Gasteiger partial charge in [-0.15, -0.1) is 0 Å². The molecule has 0 saturated carbocycles. The molecular weight excluding hydrogens is 336 g/mol. The lowest BCUT2D eigenvalue weighted by Crippen LogP contribution is -2.38. The first kappa shape index (κ1) is 19.4. The molecule has 1 heterocycles. The fourth-order valence-electron chi connectivity index (χ4n) is 3.05. The highest BCUT2D eigenvalue weighted by Crippen LogP contribution is 2.23. The van der Waals surface area contributed by atoms with E-state index in [2.05, 4.69) is 47.4 Å². The van der Waals surface area contributed by atoms with Crippen molar-refractivity contribution in [2.24, 2.45) is 11.7 Å². The minimum absolute atomic E-state index is 0.0683. The number of rotatable bonds is 3. The number of hydrogen-bond donors (Lipinski definition) is 3. The van der Waals surface area contributed by atoms with Crippen molar-refractivity contribution in [1.82, 2.24) is 4.90 Å². The van der Waals surface area contributed by atoms with Gasteiger partial charge in [0.2, 0.25) is 5.91 Å². The number of aliphatic carboxylic acids is 2. The lowest BCUT2D eigenvalue weighted by molar-refractivity contribution is -0.159. The SMILES string of the molecule is NC(=O)C1CCN(Cc2cccc3ccccc23)CC1.O=C(O)C(=O)O. The van der Waals surface area contributed by atoms with Crippen molar-refractivity contribution in [3.8, 4) is 0 Å². The molecule has 3 rings (SSSR count). The first-order chi connectivity index (χ1) is 12.4. The molecule has 0 spiro atoms. The van der Waals surface area contributed by atoms with E-state index in [0.29, 0.717) is 0 Å². The molecule has 7 heteroatoms. The summed E-state index contributed by atoms with van der Waals surface area (Å²) in [4.78, 5) is 31.8. The molecule has 0 atom stereocenters. The predicted octanol–water partition coefficient (Wildman–Crippen LogP) is 1.69. The van der Waals surface area contributed by atoms with Gasteiger partial charge in [-0.2, -0.15) is 0 Å². The van der Waals surface area contributed by atoms with Crippen LogP contribution in [-0.4, -0.2) is 46.0 Å². The Labute approximate surface area is 151 Å². The molecule has 2 aromatic carbocycles. The molecule has 0 radical (unpaired) electrons. The average Bonchev–Trinajstić information content (AvgIpc) is 2.63.